The monoisotopic (exact) mass is 939 g/mol. The van der Waals surface area contributed by atoms with Gasteiger partial charge in [-0.1, -0.05) is 62.4 Å². The van der Waals surface area contributed by atoms with E-state index < -0.39 is 131 Å². The Balaban J connectivity index is 1.60. The molecule has 1 saturated heterocycles. The number of methoxy groups -OCH3 is 1. The second-order valence-corrected chi connectivity index (χ2v) is 20.0. The zero-order chi connectivity index (χ0) is 49.5. The van der Waals surface area contributed by atoms with Crippen LogP contribution in [0.2, 0.25) is 0 Å². The summed E-state index contributed by atoms with van der Waals surface area (Å²) in [7, 11) is 1.38. The lowest BCUT2D eigenvalue weighted by atomic mass is 9.44. The van der Waals surface area contributed by atoms with E-state index in [0.29, 0.717) is 5.56 Å². The molecule has 18 nitrogen and oxygen atoms in total. The fraction of sp³-hybridized carbons (Fsp3) is 0.612. The Labute approximate surface area is 390 Å². The lowest BCUT2D eigenvalue weighted by Crippen LogP contribution is -2.82. The van der Waals surface area contributed by atoms with Crippen LogP contribution in [-0.4, -0.2) is 143 Å². The summed E-state index contributed by atoms with van der Waals surface area (Å²) in [6.45, 7) is 11.6. The molecule has 6 rings (SSSR count). The van der Waals surface area contributed by atoms with E-state index in [1.54, 1.807) is 90.1 Å². The second-order valence-electron chi connectivity index (χ2n) is 20.0. The van der Waals surface area contributed by atoms with Crippen molar-refractivity contribution in [2.75, 3.05) is 33.7 Å². The summed E-state index contributed by atoms with van der Waals surface area (Å²) in [5.74, 6) is -5.20. The molecule has 1 unspecified atom stereocenters. The maximum absolute atomic E-state index is 16.2. The van der Waals surface area contributed by atoms with E-state index in [-0.39, 0.29) is 36.5 Å². The number of rotatable bonds is 15. The number of aliphatic hydroxyl groups excluding tert-OH is 3. The minimum absolute atomic E-state index is 0.0394. The van der Waals surface area contributed by atoms with Gasteiger partial charge in [0.05, 0.1) is 48.9 Å². The molecule has 1 heterocycles. The van der Waals surface area contributed by atoms with Gasteiger partial charge in [0, 0.05) is 32.3 Å². The molecule has 0 spiro atoms. The van der Waals surface area contributed by atoms with Crippen molar-refractivity contribution in [1.29, 1.82) is 0 Å². The van der Waals surface area contributed by atoms with Crippen LogP contribution in [0.5, 0.6) is 0 Å². The molecule has 1 aliphatic heterocycles. The zero-order valence-electron chi connectivity index (χ0n) is 39.7. The average molecular weight is 940 g/mol. The van der Waals surface area contributed by atoms with Gasteiger partial charge in [0.2, 0.25) is 0 Å². The van der Waals surface area contributed by atoms with Gasteiger partial charge >= 0.3 is 24.0 Å². The second kappa shape index (κ2) is 19.3. The highest BCUT2D eigenvalue weighted by Gasteiger charge is 2.78. The summed E-state index contributed by atoms with van der Waals surface area (Å²) >= 11 is 0. The Bertz CT molecular complexity index is 2190. The lowest BCUT2D eigenvalue weighted by Gasteiger charge is -2.68. The fourth-order valence-corrected chi connectivity index (χ4v) is 10.4. The molecular weight excluding hydrogens is 875 g/mol. The van der Waals surface area contributed by atoms with E-state index in [1.165, 1.54) is 40.0 Å². The normalized spacial score (nSPS) is 31.0. The van der Waals surface area contributed by atoms with Crippen LogP contribution in [0.1, 0.15) is 97.1 Å². The van der Waals surface area contributed by atoms with E-state index in [9.17, 15) is 39.6 Å². The molecule has 11 atom stereocenters. The molecule has 1 amide bonds. The molecule has 368 valence electrons. The number of alkyl carbamates (subject to hydrolysis) is 1. The van der Waals surface area contributed by atoms with Crippen LogP contribution < -0.4 is 5.32 Å². The van der Waals surface area contributed by atoms with Gasteiger partial charge < -0.3 is 63.6 Å². The van der Waals surface area contributed by atoms with Gasteiger partial charge in [0.25, 0.3) is 0 Å². The van der Waals surface area contributed by atoms with Gasteiger partial charge in [0.1, 0.15) is 48.0 Å². The third-order valence-electron chi connectivity index (χ3n) is 14.0. The number of benzene rings is 2. The van der Waals surface area contributed by atoms with Gasteiger partial charge in [-0.15, -0.1) is 0 Å². The maximum atomic E-state index is 16.2. The number of hydrogen-bond acceptors (Lipinski definition) is 17. The average Bonchev–Trinajstić information content (AvgIpc) is 3.27. The van der Waals surface area contributed by atoms with Crippen LogP contribution in [0.4, 0.5) is 4.79 Å². The summed E-state index contributed by atoms with van der Waals surface area (Å²) in [5, 5.41) is 49.7. The number of aliphatic hydroxyl groups is 4. The minimum Gasteiger partial charge on any atom is -0.456 e. The van der Waals surface area contributed by atoms with E-state index >= 15 is 4.79 Å². The third kappa shape index (κ3) is 9.51. The highest BCUT2D eigenvalue weighted by atomic mass is 16.7. The molecular formula is C49H65NO17. The third-order valence-corrected chi connectivity index (χ3v) is 14.0. The Morgan fingerprint density at radius 1 is 0.940 bits per heavy atom. The largest absolute Gasteiger partial charge is 0.456 e. The predicted molar refractivity (Wildman–Crippen MR) is 236 cm³/mol. The standard InChI is InChI=1S/C49H65NO17/c1-27-31(63-42(57)36(54)35(29-17-13-11-14-18-29)50-43(58)67-44(3,4)5)22-49(59)40(64-41(56)30-19-15-12-16-20-30)38-47(9,32(62-26-60-10)21-33-48(38,25-61-33)65-28(2)53)39(55)37(34(27)45(49,6)7)66-46(8,23-51)24-52/h11-20,31-33,35-38,40,51-52,54,59H,21-26H2,1-10H3,(H,50,58)/t31-,32-,33+,35-,36+,37+,38?,40-,47+,48-,49+/m0/s1. The summed E-state index contributed by atoms with van der Waals surface area (Å²) < 4.78 is 48.7. The van der Waals surface area contributed by atoms with Gasteiger partial charge in [-0.2, -0.15) is 0 Å². The topological polar surface area (TPSA) is 252 Å². The Hall–Kier alpha value is -4.79. The Morgan fingerprint density at radius 3 is 2.09 bits per heavy atom. The van der Waals surface area contributed by atoms with Gasteiger partial charge in [-0.25, -0.2) is 14.4 Å². The highest BCUT2D eigenvalue weighted by molar-refractivity contribution is 5.94. The summed E-state index contributed by atoms with van der Waals surface area (Å²) in [4.78, 5) is 71.6. The molecule has 4 aliphatic rings. The number of carbonyl (C=O) groups excluding carboxylic acids is 5. The molecule has 3 fully saturated rings. The maximum Gasteiger partial charge on any atom is 0.408 e. The first kappa shape index (κ1) is 51.6. The van der Waals surface area contributed by atoms with Crippen molar-refractivity contribution in [1.82, 2.24) is 5.32 Å². The van der Waals surface area contributed by atoms with Crippen molar-refractivity contribution in [3.63, 3.8) is 0 Å². The highest BCUT2D eigenvalue weighted by Crippen LogP contribution is 2.65. The van der Waals surface area contributed by atoms with Gasteiger partial charge in [0.15, 0.2) is 17.5 Å². The Morgan fingerprint density at radius 2 is 1.55 bits per heavy atom. The molecule has 2 aromatic carbocycles. The number of carbonyl (C=O) groups is 5. The summed E-state index contributed by atoms with van der Waals surface area (Å²) in [6, 6.07) is 14.6. The van der Waals surface area contributed by atoms with Crippen LogP contribution in [0, 0.1) is 16.7 Å². The molecule has 0 radical (unpaired) electrons. The zero-order valence-corrected chi connectivity index (χ0v) is 39.7. The smallest absolute Gasteiger partial charge is 0.408 e. The number of fused-ring (bicyclic) bond motifs is 5. The molecule has 5 N–H and O–H groups in total. The number of nitrogens with one attached hydrogen (secondary N) is 1. The number of Topliss-reactive ketones (excluding diaryl/α,β-unsaturated/α-hetero) is 1. The first-order chi connectivity index (χ1) is 31.3. The minimum atomic E-state index is -2.41. The molecule has 3 aliphatic carbocycles. The number of ether oxygens (including phenoxy) is 8. The van der Waals surface area contributed by atoms with Crippen LogP contribution in [0.25, 0.3) is 0 Å². The van der Waals surface area contributed by atoms with Crippen molar-refractivity contribution < 1.29 is 82.3 Å². The van der Waals surface area contributed by atoms with E-state index in [4.69, 9.17) is 37.9 Å². The fourth-order valence-electron chi connectivity index (χ4n) is 10.4. The van der Waals surface area contributed by atoms with Crippen LogP contribution >= 0.6 is 0 Å². The SMILES string of the molecule is COCO[C@H]1C[C@H]2OC[C@@]2(OC(C)=O)C2[C@H](OC(=O)c3ccccc3)[C@]3(O)C[C@H](OC(=O)[C@H](O)[C@@H](NC(=O)OC(C)(C)C)c4ccccc4)C(C)=C([C@@H](OC(C)(CO)CO)C(=O)[C@@]21C)C3(C)C. The van der Waals surface area contributed by atoms with Crippen LogP contribution in [0.3, 0.4) is 0 Å². The first-order valence-electron chi connectivity index (χ1n) is 22.3. The quantitative estimate of drug-likeness (QED) is 0.0740. The number of amides is 1. The molecule has 2 bridgehead atoms. The van der Waals surface area contributed by atoms with Crippen molar-refractivity contribution in [3.8, 4) is 0 Å². The molecule has 0 aromatic heterocycles. The van der Waals surface area contributed by atoms with Crippen LogP contribution in [-0.2, 0) is 52.3 Å². The molecule has 67 heavy (non-hydrogen) atoms. The lowest BCUT2D eigenvalue weighted by molar-refractivity contribution is -0.352. The van der Waals surface area contributed by atoms with Crippen molar-refractivity contribution in [2.45, 2.75) is 140 Å². The molecule has 2 saturated carbocycles. The van der Waals surface area contributed by atoms with Gasteiger partial charge in [-0.3, -0.25) is 9.59 Å². The number of ketones is 1. The summed E-state index contributed by atoms with van der Waals surface area (Å²) in [5.41, 5.74) is -9.94. The molecule has 18 heteroatoms. The summed E-state index contributed by atoms with van der Waals surface area (Å²) in [6.07, 6.45) is -10.9. The van der Waals surface area contributed by atoms with Crippen molar-refractivity contribution in [2.24, 2.45) is 16.7 Å². The first-order valence-corrected chi connectivity index (χ1v) is 22.3. The van der Waals surface area contributed by atoms with Crippen LogP contribution in [0.15, 0.2) is 71.8 Å². The predicted octanol–water partition coefficient (Wildman–Crippen LogP) is 3.66. The van der Waals surface area contributed by atoms with E-state index in [1.807, 2.05) is 0 Å². The number of hydrogen-bond donors (Lipinski definition) is 5. The number of esters is 3. The van der Waals surface area contributed by atoms with E-state index in [0.717, 1.165) is 0 Å². The van der Waals surface area contributed by atoms with Gasteiger partial charge in [-0.05, 0) is 70.4 Å². The Kier molecular flexibility index (Phi) is 14.9. The van der Waals surface area contributed by atoms with Crippen molar-refractivity contribution in [3.05, 3.63) is 82.9 Å². The van der Waals surface area contributed by atoms with E-state index in [2.05, 4.69) is 5.32 Å². The molecule has 2 aromatic rings. The van der Waals surface area contributed by atoms with Crippen molar-refractivity contribution >= 4 is 29.8 Å².